The van der Waals surface area contributed by atoms with Crippen molar-refractivity contribution in [2.75, 3.05) is 32.7 Å². The number of benzene rings is 3. The zero-order chi connectivity index (χ0) is 35.8. The van der Waals surface area contributed by atoms with E-state index in [4.69, 9.17) is 28.9 Å². The van der Waals surface area contributed by atoms with Gasteiger partial charge in [-0.25, -0.2) is 0 Å². The molecule has 13 heteroatoms. The molecule has 3 fully saturated rings. The number of piperazine rings is 1. The largest absolute Gasteiger partial charge is 0.573 e. The number of aromatic nitrogens is 1. The van der Waals surface area contributed by atoms with Gasteiger partial charge in [0.2, 0.25) is 5.91 Å². The molecule has 4 heterocycles. The second kappa shape index (κ2) is 15.0. The number of carbonyl (C=O) groups excluding carboxylic acids is 1. The predicted octanol–water partition coefficient (Wildman–Crippen LogP) is 6.95. The number of ether oxygens (including phenoxy) is 1. The molecular weight excluding hydrogens is 700 g/mol. The second-order valence-corrected chi connectivity index (χ2v) is 14.9. The molecule has 3 aliphatic heterocycles. The smallest absolute Gasteiger partial charge is 0.406 e. The van der Waals surface area contributed by atoms with Gasteiger partial charge in [0, 0.05) is 89.6 Å². The highest BCUT2D eigenvalue weighted by Crippen LogP contribution is 2.37. The number of rotatable bonds is 11. The normalized spacial score (nSPS) is 20.9. The number of nitrogens with two attached hydrogens (primary N) is 1. The highest BCUT2D eigenvalue weighted by molar-refractivity contribution is 6.36. The van der Waals surface area contributed by atoms with Gasteiger partial charge in [-0.05, 0) is 92.7 Å². The summed E-state index contributed by atoms with van der Waals surface area (Å²) >= 11 is 13.0. The van der Waals surface area contributed by atoms with Gasteiger partial charge in [0.05, 0.1) is 5.54 Å². The average molecular weight is 744 g/mol. The molecule has 2 unspecified atom stereocenters. The zero-order valence-corrected chi connectivity index (χ0v) is 29.8. The number of alkyl halides is 3. The fourth-order valence-electron chi connectivity index (χ4n) is 8.00. The van der Waals surface area contributed by atoms with Crippen LogP contribution in [0.1, 0.15) is 43.2 Å². The molecular formula is C38H43Cl2F3N6O2. The molecule has 2 atom stereocenters. The van der Waals surface area contributed by atoms with Gasteiger partial charge in [-0.15, -0.1) is 13.2 Å². The van der Waals surface area contributed by atoms with E-state index in [1.807, 2.05) is 18.2 Å². The van der Waals surface area contributed by atoms with Crippen LogP contribution in [0.3, 0.4) is 0 Å². The molecule has 1 aromatic heterocycles. The van der Waals surface area contributed by atoms with Crippen LogP contribution in [0.4, 0.5) is 13.2 Å². The fourth-order valence-corrected chi connectivity index (χ4v) is 8.52. The van der Waals surface area contributed by atoms with Crippen LogP contribution in [0.2, 0.25) is 10.0 Å². The Morgan fingerprint density at radius 1 is 0.980 bits per heavy atom. The van der Waals surface area contributed by atoms with Gasteiger partial charge in [-0.3, -0.25) is 14.6 Å². The summed E-state index contributed by atoms with van der Waals surface area (Å²) in [6.07, 6.45) is 1.46. The number of hydrogen-bond acceptors (Lipinski definition) is 6. The van der Waals surface area contributed by atoms with Gasteiger partial charge < -0.3 is 25.7 Å². The molecule has 3 aromatic carbocycles. The van der Waals surface area contributed by atoms with E-state index in [0.29, 0.717) is 54.5 Å². The topological polar surface area (TPSA) is 87.8 Å². The van der Waals surface area contributed by atoms with Crippen molar-refractivity contribution >= 4 is 40.0 Å². The van der Waals surface area contributed by atoms with E-state index in [0.717, 1.165) is 79.7 Å². The lowest BCUT2D eigenvalue weighted by Crippen LogP contribution is -2.59. The molecule has 0 saturated carbocycles. The SMILES string of the molecule is NC1(C(=O)NCCCn2cc(-c3ccc(OC(F)(F)F)cc3)c3cc(CN4C5CCC4CN(Cc4c(Cl)cccc4Cl)C5)ccc32)CCNCC1. The van der Waals surface area contributed by atoms with Gasteiger partial charge in [-0.1, -0.05) is 47.5 Å². The third kappa shape index (κ3) is 8.19. The Morgan fingerprint density at radius 2 is 1.67 bits per heavy atom. The Labute approximate surface area is 306 Å². The number of halogens is 5. The summed E-state index contributed by atoms with van der Waals surface area (Å²) < 4.78 is 44.9. The van der Waals surface area contributed by atoms with Crippen molar-refractivity contribution in [1.29, 1.82) is 0 Å². The summed E-state index contributed by atoms with van der Waals surface area (Å²) in [5.41, 5.74) is 10.4. The van der Waals surface area contributed by atoms with Crippen LogP contribution < -0.4 is 21.1 Å². The minimum Gasteiger partial charge on any atom is -0.406 e. The Hall–Kier alpha value is -3.32. The molecule has 3 saturated heterocycles. The van der Waals surface area contributed by atoms with Crippen LogP contribution >= 0.6 is 23.2 Å². The molecule has 51 heavy (non-hydrogen) atoms. The first kappa shape index (κ1) is 36.1. The Balaban J connectivity index is 1.08. The van der Waals surface area contributed by atoms with Crippen LogP contribution in [-0.2, 0) is 24.4 Å². The average Bonchev–Trinajstić information content (AvgIpc) is 3.56. The molecule has 1 amide bonds. The molecule has 0 radical (unpaired) electrons. The standard InChI is InChI=1S/C38H43Cl2F3N6O2/c39-33-3-1-4-34(40)32(33)23-47-21-27-8-9-28(22-47)49(27)20-25-5-12-35-30(19-25)31(26-6-10-29(11-7-26)51-38(41,42)43)24-48(35)18-2-15-46-36(50)37(44)13-16-45-17-14-37/h1,3-7,10-12,19,24,27-28,45H,2,8-9,13-18,20-23,44H2,(H,46,50). The van der Waals surface area contributed by atoms with Gasteiger partial charge >= 0.3 is 6.36 Å². The number of carbonyl (C=O) groups is 1. The summed E-state index contributed by atoms with van der Waals surface area (Å²) in [6, 6.07) is 19.0. The maximum absolute atomic E-state index is 12.9. The molecule has 8 nitrogen and oxygen atoms in total. The van der Waals surface area contributed by atoms with Crippen molar-refractivity contribution < 1.29 is 22.7 Å². The number of nitrogens with one attached hydrogen (secondary N) is 2. The number of aryl methyl sites for hydroxylation is 1. The first-order valence-electron chi connectivity index (χ1n) is 17.6. The summed E-state index contributed by atoms with van der Waals surface area (Å²) in [6.45, 7) is 5.99. The molecule has 4 N–H and O–H groups in total. The number of amides is 1. The monoisotopic (exact) mass is 742 g/mol. The van der Waals surface area contributed by atoms with Crippen LogP contribution in [0.25, 0.3) is 22.0 Å². The van der Waals surface area contributed by atoms with Gasteiger partial charge in [-0.2, -0.15) is 0 Å². The Kier molecular flexibility index (Phi) is 10.6. The lowest BCUT2D eigenvalue weighted by molar-refractivity contribution is -0.274. The minimum atomic E-state index is -4.76. The third-order valence-electron chi connectivity index (χ3n) is 10.7. The first-order chi connectivity index (χ1) is 24.5. The van der Waals surface area contributed by atoms with Crippen molar-refractivity contribution in [3.63, 3.8) is 0 Å². The van der Waals surface area contributed by atoms with E-state index in [2.05, 4.69) is 54.1 Å². The maximum atomic E-state index is 12.9. The number of nitrogens with zero attached hydrogens (tertiary/aromatic N) is 3. The van der Waals surface area contributed by atoms with Gasteiger partial charge in [0.1, 0.15) is 5.75 Å². The molecule has 0 aliphatic carbocycles. The minimum absolute atomic E-state index is 0.115. The highest BCUT2D eigenvalue weighted by atomic mass is 35.5. The van der Waals surface area contributed by atoms with Crippen LogP contribution in [0.5, 0.6) is 5.75 Å². The molecule has 2 bridgehead atoms. The third-order valence-corrected chi connectivity index (χ3v) is 11.4. The van der Waals surface area contributed by atoms with Gasteiger partial charge in [0.15, 0.2) is 0 Å². The van der Waals surface area contributed by atoms with E-state index in [1.54, 1.807) is 12.1 Å². The zero-order valence-electron chi connectivity index (χ0n) is 28.3. The number of hydrogen-bond donors (Lipinski definition) is 3. The molecule has 7 rings (SSSR count). The number of piperidine rings is 1. The van der Waals surface area contributed by atoms with Crippen LogP contribution in [0.15, 0.2) is 66.9 Å². The van der Waals surface area contributed by atoms with Crippen LogP contribution in [-0.4, -0.2) is 77.0 Å². The number of likely N-dealkylation sites (tertiary alicyclic amines) is 1. The van der Waals surface area contributed by atoms with Crippen molar-refractivity contribution in [1.82, 2.24) is 25.0 Å². The van der Waals surface area contributed by atoms with E-state index in [-0.39, 0.29) is 11.7 Å². The maximum Gasteiger partial charge on any atom is 0.573 e. The van der Waals surface area contributed by atoms with Crippen molar-refractivity contribution in [3.05, 3.63) is 88.0 Å². The van der Waals surface area contributed by atoms with Crippen molar-refractivity contribution in [3.8, 4) is 16.9 Å². The van der Waals surface area contributed by atoms with E-state index >= 15 is 0 Å². The molecule has 3 aliphatic rings. The summed E-state index contributed by atoms with van der Waals surface area (Å²) in [7, 11) is 0. The summed E-state index contributed by atoms with van der Waals surface area (Å²) in [5, 5.41) is 8.69. The Bertz CT molecular complexity index is 1830. The predicted molar refractivity (Wildman–Crippen MR) is 195 cm³/mol. The highest BCUT2D eigenvalue weighted by Gasteiger charge is 2.40. The van der Waals surface area contributed by atoms with Crippen molar-refractivity contribution in [2.24, 2.45) is 5.73 Å². The molecule has 4 aromatic rings. The second-order valence-electron chi connectivity index (χ2n) is 14.1. The quantitative estimate of drug-likeness (QED) is 0.144. The van der Waals surface area contributed by atoms with Crippen LogP contribution in [0, 0.1) is 0 Å². The molecule has 272 valence electrons. The van der Waals surface area contributed by atoms with E-state index in [1.165, 1.54) is 17.7 Å². The summed E-state index contributed by atoms with van der Waals surface area (Å²) in [5.74, 6) is -0.375. The van der Waals surface area contributed by atoms with Crippen molar-refractivity contribution in [2.45, 2.75) is 75.7 Å². The Morgan fingerprint density at radius 3 is 2.33 bits per heavy atom. The van der Waals surface area contributed by atoms with E-state index in [9.17, 15) is 18.0 Å². The first-order valence-corrected chi connectivity index (χ1v) is 18.4. The summed E-state index contributed by atoms with van der Waals surface area (Å²) in [4.78, 5) is 17.9. The number of fused-ring (bicyclic) bond motifs is 3. The fraction of sp³-hybridized carbons (Fsp3) is 0.447. The lowest BCUT2D eigenvalue weighted by Gasteiger charge is -2.41. The van der Waals surface area contributed by atoms with E-state index < -0.39 is 11.9 Å². The lowest BCUT2D eigenvalue weighted by atomic mass is 9.88. The van der Waals surface area contributed by atoms with Gasteiger partial charge in [0.25, 0.3) is 0 Å². The molecule has 0 spiro atoms.